The summed E-state index contributed by atoms with van der Waals surface area (Å²) in [5.74, 6) is -0.329. The van der Waals surface area contributed by atoms with Crippen LogP contribution in [0.25, 0.3) is 0 Å². The van der Waals surface area contributed by atoms with Gasteiger partial charge < -0.3 is 10.2 Å². The van der Waals surface area contributed by atoms with Crippen LogP contribution in [0.2, 0.25) is 9.36 Å². The van der Waals surface area contributed by atoms with Crippen LogP contribution >= 0.6 is 34.5 Å². The van der Waals surface area contributed by atoms with Crippen LogP contribution in [0.4, 0.5) is 0 Å². The Bertz CT molecular complexity index is 703. The fraction of sp³-hybridized carbons (Fsp3) is 0.250. The molecular weight excluding hydrogens is 355 g/mol. The summed E-state index contributed by atoms with van der Waals surface area (Å²) >= 11 is 13.3. The Kier molecular flexibility index (Phi) is 6.45. The van der Waals surface area contributed by atoms with Crippen molar-refractivity contribution in [2.24, 2.45) is 0 Å². The van der Waals surface area contributed by atoms with Crippen LogP contribution in [0.1, 0.15) is 21.7 Å². The first-order valence-electron chi connectivity index (χ1n) is 6.98. The van der Waals surface area contributed by atoms with E-state index >= 15 is 0 Å². The number of carbonyl (C=O) groups is 2. The molecule has 1 aromatic carbocycles. The Morgan fingerprint density at radius 1 is 1.17 bits per heavy atom. The number of rotatable bonds is 6. The van der Waals surface area contributed by atoms with Gasteiger partial charge in [-0.1, -0.05) is 35.3 Å². The molecule has 4 nitrogen and oxygen atoms in total. The van der Waals surface area contributed by atoms with Crippen molar-refractivity contribution in [1.82, 2.24) is 10.2 Å². The maximum absolute atomic E-state index is 12.1. The molecule has 2 rings (SSSR count). The monoisotopic (exact) mass is 370 g/mol. The summed E-state index contributed by atoms with van der Waals surface area (Å²) in [6, 6.07) is 10.5. The molecule has 23 heavy (non-hydrogen) atoms. The van der Waals surface area contributed by atoms with Crippen LogP contribution in [0.15, 0.2) is 36.4 Å². The fourth-order valence-corrected chi connectivity index (χ4v) is 3.34. The van der Waals surface area contributed by atoms with Crippen LogP contribution in [-0.2, 0) is 11.3 Å². The fourth-order valence-electron chi connectivity index (χ4n) is 1.97. The third kappa shape index (κ3) is 5.23. The SMILES string of the molecule is CN(Cc1ccc(Cl)s1)C(=O)CCNC(=O)c1ccccc1Cl. The number of hydrogen-bond donors (Lipinski definition) is 1. The lowest BCUT2D eigenvalue weighted by molar-refractivity contribution is -0.130. The second-order valence-corrected chi connectivity index (χ2v) is 7.15. The molecule has 0 saturated heterocycles. The molecule has 0 atom stereocenters. The van der Waals surface area contributed by atoms with E-state index in [1.807, 2.05) is 12.1 Å². The molecule has 0 aliphatic carbocycles. The molecule has 0 aliphatic heterocycles. The first-order valence-corrected chi connectivity index (χ1v) is 8.55. The topological polar surface area (TPSA) is 49.4 Å². The van der Waals surface area contributed by atoms with Gasteiger partial charge in [0.25, 0.3) is 5.91 Å². The van der Waals surface area contributed by atoms with Crippen molar-refractivity contribution in [3.05, 3.63) is 56.2 Å². The van der Waals surface area contributed by atoms with Crippen molar-refractivity contribution in [3.8, 4) is 0 Å². The number of hydrogen-bond acceptors (Lipinski definition) is 3. The zero-order valence-electron chi connectivity index (χ0n) is 12.5. The van der Waals surface area contributed by atoms with Crippen molar-refractivity contribution in [2.45, 2.75) is 13.0 Å². The zero-order chi connectivity index (χ0) is 16.8. The summed E-state index contributed by atoms with van der Waals surface area (Å²) in [6.45, 7) is 0.771. The van der Waals surface area contributed by atoms with E-state index in [1.165, 1.54) is 11.3 Å². The minimum atomic E-state index is -0.281. The average Bonchev–Trinajstić information content (AvgIpc) is 2.92. The van der Waals surface area contributed by atoms with Gasteiger partial charge in [-0.25, -0.2) is 0 Å². The van der Waals surface area contributed by atoms with Crippen LogP contribution in [0, 0.1) is 0 Å². The van der Waals surface area contributed by atoms with Gasteiger partial charge in [-0.2, -0.15) is 0 Å². The number of carbonyl (C=O) groups excluding carboxylic acids is 2. The normalized spacial score (nSPS) is 10.4. The summed E-state index contributed by atoms with van der Waals surface area (Å²) in [4.78, 5) is 26.7. The number of nitrogens with one attached hydrogen (secondary N) is 1. The minimum absolute atomic E-state index is 0.0472. The zero-order valence-corrected chi connectivity index (χ0v) is 14.8. The Morgan fingerprint density at radius 2 is 1.91 bits per heavy atom. The molecular formula is C16H16Cl2N2O2S. The second-order valence-electron chi connectivity index (χ2n) is 4.94. The molecule has 1 heterocycles. The van der Waals surface area contributed by atoms with E-state index in [9.17, 15) is 9.59 Å². The maximum Gasteiger partial charge on any atom is 0.252 e. The van der Waals surface area contributed by atoms with Crippen molar-refractivity contribution in [3.63, 3.8) is 0 Å². The number of thiophene rings is 1. The van der Waals surface area contributed by atoms with Gasteiger partial charge in [-0.3, -0.25) is 9.59 Å². The Labute approximate surface area is 149 Å². The summed E-state index contributed by atoms with van der Waals surface area (Å²) < 4.78 is 0.702. The van der Waals surface area contributed by atoms with E-state index in [2.05, 4.69) is 5.32 Å². The number of halogens is 2. The van der Waals surface area contributed by atoms with Gasteiger partial charge in [0.2, 0.25) is 5.91 Å². The van der Waals surface area contributed by atoms with Gasteiger partial charge in [-0.05, 0) is 24.3 Å². The van der Waals surface area contributed by atoms with Crippen LogP contribution in [0.5, 0.6) is 0 Å². The van der Waals surface area contributed by atoms with E-state index in [1.54, 1.807) is 36.2 Å². The molecule has 2 amide bonds. The van der Waals surface area contributed by atoms with Gasteiger partial charge in [0.05, 0.1) is 21.5 Å². The highest BCUT2D eigenvalue weighted by atomic mass is 35.5. The molecule has 2 aromatic rings. The van der Waals surface area contributed by atoms with Crippen molar-refractivity contribution in [1.29, 1.82) is 0 Å². The van der Waals surface area contributed by atoms with Crippen LogP contribution in [0.3, 0.4) is 0 Å². The van der Waals surface area contributed by atoms with E-state index in [-0.39, 0.29) is 24.8 Å². The third-order valence-corrected chi connectivity index (χ3v) is 4.74. The largest absolute Gasteiger partial charge is 0.351 e. The molecule has 1 aromatic heterocycles. The molecule has 0 radical (unpaired) electrons. The Morgan fingerprint density at radius 3 is 2.57 bits per heavy atom. The molecule has 0 aliphatic rings. The minimum Gasteiger partial charge on any atom is -0.351 e. The number of amides is 2. The standard InChI is InChI=1S/C16H16Cl2N2O2S/c1-20(10-11-6-7-14(18)23-11)15(21)8-9-19-16(22)12-4-2-3-5-13(12)17/h2-7H,8-10H2,1H3,(H,19,22). The van der Waals surface area contributed by atoms with Crippen molar-refractivity contribution >= 4 is 46.4 Å². The molecule has 0 saturated carbocycles. The highest BCUT2D eigenvalue weighted by Gasteiger charge is 2.13. The lowest BCUT2D eigenvalue weighted by Gasteiger charge is -2.16. The second kappa shape index (κ2) is 8.34. The summed E-state index contributed by atoms with van der Waals surface area (Å²) in [5.41, 5.74) is 0.406. The van der Waals surface area contributed by atoms with Gasteiger partial charge in [0, 0.05) is 24.9 Å². The van der Waals surface area contributed by atoms with Crippen LogP contribution in [-0.4, -0.2) is 30.3 Å². The average molecular weight is 371 g/mol. The predicted molar refractivity (Wildman–Crippen MR) is 94.2 cm³/mol. The van der Waals surface area contributed by atoms with Crippen molar-refractivity contribution < 1.29 is 9.59 Å². The third-order valence-electron chi connectivity index (χ3n) is 3.19. The summed E-state index contributed by atoms with van der Waals surface area (Å²) in [7, 11) is 1.73. The first-order chi connectivity index (χ1) is 11.0. The smallest absolute Gasteiger partial charge is 0.252 e. The lowest BCUT2D eigenvalue weighted by atomic mass is 10.2. The highest BCUT2D eigenvalue weighted by Crippen LogP contribution is 2.22. The van der Waals surface area contributed by atoms with E-state index in [4.69, 9.17) is 23.2 Å². The first kappa shape index (κ1) is 17.8. The lowest BCUT2D eigenvalue weighted by Crippen LogP contribution is -2.31. The Balaban J connectivity index is 1.78. The maximum atomic E-state index is 12.1. The number of benzene rings is 1. The summed E-state index contributed by atoms with van der Waals surface area (Å²) in [6.07, 6.45) is 0.228. The van der Waals surface area contributed by atoms with Gasteiger partial charge in [0.15, 0.2) is 0 Å². The highest BCUT2D eigenvalue weighted by molar-refractivity contribution is 7.16. The molecule has 7 heteroatoms. The predicted octanol–water partition coefficient (Wildman–Crippen LogP) is 3.83. The quantitative estimate of drug-likeness (QED) is 0.839. The molecule has 0 bridgehead atoms. The molecule has 0 unspecified atom stereocenters. The van der Waals surface area contributed by atoms with E-state index in [0.29, 0.717) is 21.5 Å². The van der Waals surface area contributed by atoms with Gasteiger partial charge in [-0.15, -0.1) is 11.3 Å². The molecule has 0 spiro atoms. The summed E-state index contributed by atoms with van der Waals surface area (Å²) in [5, 5.41) is 3.10. The molecule has 1 N–H and O–H groups in total. The van der Waals surface area contributed by atoms with Gasteiger partial charge in [0.1, 0.15) is 0 Å². The number of nitrogens with zero attached hydrogens (tertiary/aromatic N) is 1. The Hall–Kier alpha value is -1.56. The van der Waals surface area contributed by atoms with Crippen LogP contribution < -0.4 is 5.32 Å². The van der Waals surface area contributed by atoms with Crippen molar-refractivity contribution in [2.75, 3.05) is 13.6 Å². The molecule has 0 fully saturated rings. The van der Waals surface area contributed by atoms with E-state index < -0.39 is 0 Å². The van der Waals surface area contributed by atoms with Gasteiger partial charge >= 0.3 is 0 Å². The van der Waals surface area contributed by atoms with E-state index in [0.717, 1.165) is 4.88 Å². The molecule has 122 valence electrons.